The summed E-state index contributed by atoms with van der Waals surface area (Å²) in [6, 6.07) is 12.1. The van der Waals surface area contributed by atoms with Gasteiger partial charge in [0.15, 0.2) is 0 Å². The van der Waals surface area contributed by atoms with E-state index in [4.69, 9.17) is 11.6 Å². The summed E-state index contributed by atoms with van der Waals surface area (Å²) in [5, 5.41) is 3.67. The molecule has 130 valence electrons. The Morgan fingerprint density at radius 1 is 1.36 bits per heavy atom. The first-order valence-corrected chi connectivity index (χ1v) is 8.94. The molecule has 0 aliphatic carbocycles. The Bertz CT molecular complexity index is 881. The summed E-state index contributed by atoms with van der Waals surface area (Å²) in [5.41, 5.74) is 1.44. The monoisotopic (exact) mass is 377 g/mol. The highest BCUT2D eigenvalue weighted by Gasteiger charge is 2.18. The molecular weight excluding hydrogens is 361 g/mol. The van der Waals surface area contributed by atoms with Crippen LogP contribution in [0.15, 0.2) is 42.5 Å². The molecule has 0 fully saturated rings. The zero-order valence-electron chi connectivity index (χ0n) is 13.8. The highest BCUT2D eigenvalue weighted by Crippen LogP contribution is 2.28. The molecule has 0 unspecified atom stereocenters. The van der Waals surface area contributed by atoms with Crippen molar-refractivity contribution in [2.75, 3.05) is 18.9 Å². The molecule has 0 saturated heterocycles. The van der Waals surface area contributed by atoms with Crippen molar-refractivity contribution < 1.29 is 9.18 Å². The topological polar surface area (TPSA) is 45.2 Å². The minimum Gasteiger partial charge on any atom is -0.325 e. The van der Waals surface area contributed by atoms with Gasteiger partial charge < -0.3 is 5.32 Å². The number of carbonyl (C=O) groups excluding carboxylic acids is 1. The Labute approximate surface area is 154 Å². The van der Waals surface area contributed by atoms with Gasteiger partial charge in [0.05, 0.1) is 27.8 Å². The van der Waals surface area contributed by atoms with Crippen molar-refractivity contribution in [2.24, 2.45) is 0 Å². The Morgan fingerprint density at radius 3 is 2.84 bits per heavy atom. The van der Waals surface area contributed by atoms with Crippen LogP contribution in [0.5, 0.6) is 0 Å². The molecular formula is C18H17ClFN3OS. The summed E-state index contributed by atoms with van der Waals surface area (Å²) < 4.78 is 14.3. The van der Waals surface area contributed by atoms with Crippen LogP contribution in [0.4, 0.5) is 10.1 Å². The van der Waals surface area contributed by atoms with Crippen molar-refractivity contribution in [1.29, 1.82) is 0 Å². The molecule has 0 bridgehead atoms. The quantitative estimate of drug-likeness (QED) is 0.699. The number of anilines is 1. The van der Waals surface area contributed by atoms with Crippen molar-refractivity contribution in [3.05, 3.63) is 58.3 Å². The van der Waals surface area contributed by atoms with Crippen LogP contribution >= 0.6 is 22.9 Å². The van der Waals surface area contributed by atoms with Crippen molar-refractivity contribution in [2.45, 2.75) is 13.0 Å². The van der Waals surface area contributed by atoms with Gasteiger partial charge in [0, 0.05) is 5.69 Å². The second kappa shape index (κ2) is 7.47. The fourth-order valence-electron chi connectivity index (χ4n) is 2.40. The molecule has 0 spiro atoms. The summed E-state index contributed by atoms with van der Waals surface area (Å²) >= 11 is 7.35. The van der Waals surface area contributed by atoms with E-state index in [0.717, 1.165) is 15.2 Å². The van der Waals surface area contributed by atoms with Crippen LogP contribution < -0.4 is 5.32 Å². The Balaban J connectivity index is 1.64. The zero-order chi connectivity index (χ0) is 18.0. The number of amides is 1. The molecule has 25 heavy (non-hydrogen) atoms. The standard InChI is InChI=1S/C18H17ClFN3OS/c1-11(18-22-15-5-3-4-6-16(15)25-18)23(2)10-17(24)21-12-7-8-14(20)13(19)9-12/h3-9,11H,10H2,1-2H3,(H,21,24)/t11-/m0/s1. The number of para-hydroxylation sites is 1. The molecule has 4 nitrogen and oxygen atoms in total. The number of halogens is 2. The number of hydrogen-bond donors (Lipinski definition) is 1. The molecule has 3 aromatic rings. The van der Waals surface area contributed by atoms with Gasteiger partial charge in [0.1, 0.15) is 10.8 Å². The molecule has 0 aliphatic heterocycles. The van der Waals surface area contributed by atoms with Gasteiger partial charge in [-0.3, -0.25) is 9.69 Å². The number of hydrogen-bond acceptors (Lipinski definition) is 4. The van der Waals surface area contributed by atoms with Gasteiger partial charge in [0.25, 0.3) is 0 Å². The van der Waals surface area contributed by atoms with Gasteiger partial charge in [-0.1, -0.05) is 23.7 Å². The van der Waals surface area contributed by atoms with Crippen LogP contribution in [-0.2, 0) is 4.79 Å². The lowest BCUT2D eigenvalue weighted by atomic mass is 10.3. The number of benzene rings is 2. The van der Waals surface area contributed by atoms with Gasteiger partial charge in [-0.25, -0.2) is 9.37 Å². The van der Waals surface area contributed by atoms with Crippen LogP contribution in [0, 0.1) is 5.82 Å². The Hall–Kier alpha value is -2.02. The Kier molecular flexibility index (Phi) is 5.32. The second-order valence-electron chi connectivity index (χ2n) is 5.79. The van der Waals surface area contributed by atoms with E-state index in [0.29, 0.717) is 5.69 Å². The number of thiazole rings is 1. The van der Waals surface area contributed by atoms with E-state index < -0.39 is 5.82 Å². The summed E-state index contributed by atoms with van der Waals surface area (Å²) in [6.45, 7) is 2.20. The number of aromatic nitrogens is 1. The fourth-order valence-corrected chi connectivity index (χ4v) is 3.66. The van der Waals surface area contributed by atoms with Crippen molar-refractivity contribution >= 4 is 44.7 Å². The first-order valence-electron chi connectivity index (χ1n) is 7.74. The van der Waals surface area contributed by atoms with Gasteiger partial charge in [-0.15, -0.1) is 11.3 Å². The summed E-state index contributed by atoms with van der Waals surface area (Å²) in [7, 11) is 1.87. The molecule has 1 atom stereocenters. The molecule has 0 saturated carbocycles. The average Bonchev–Trinajstić information content (AvgIpc) is 3.01. The van der Waals surface area contributed by atoms with Gasteiger partial charge in [-0.05, 0) is 44.3 Å². The molecule has 0 aliphatic rings. The molecule has 1 heterocycles. The first-order chi connectivity index (χ1) is 11.9. The lowest BCUT2D eigenvalue weighted by Crippen LogP contribution is -2.32. The van der Waals surface area contributed by atoms with Gasteiger partial charge in [0.2, 0.25) is 5.91 Å². The van der Waals surface area contributed by atoms with Crippen molar-refractivity contribution in [3.63, 3.8) is 0 Å². The minimum absolute atomic E-state index is 0.0000410. The number of rotatable bonds is 5. The van der Waals surface area contributed by atoms with E-state index in [2.05, 4.69) is 10.3 Å². The van der Waals surface area contributed by atoms with Crippen molar-refractivity contribution in [1.82, 2.24) is 9.88 Å². The third kappa shape index (κ3) is 4.15. The molecule has 1 aromatic heterocycles. The fraction of sp³-hybridized carbons (Fsp3) is 0.222. The predicted octanol–water partition coefficient (Wildman–Crippen LogP) is 4.72. The SMILES string of the molecule is C[C@@H](c1nc2ccccc2s1)N(C)CC(=O)Nc1ccc(F)c(Cl)c1. The summed E-state index contributed by atoms with van der Waals surface area (Å²) in [4.78, 5) is 18.8. The number of fused-ring (bicyclic) bond motifs is 1. The van der Waals surface area contributed by atoms with Crippen LogP contribution in [0.3, 0.4) is 0 Å². The maximum absolute atomic E-state index is 13.2. The summed E-state index contributed by atoms with van der Waals surface area (Å²) in [6.07, 6.45) is 0. The van der Waals surface area contributed by atoms with Crippen LogP contribution in [0.2, 0.25) is 5.02 Å². The van der Waals surface area contributed by atoms with Crippen LogP contribution in [0.25, 0.3) is 10.2 Å². The van der Waals surface area contributed by atoms with E-state index in [1.54, 1.807) is 11.3 Å². The highest BCUT2D eigenvalue weighted by molar-refractivity contribution is 7.18. The zero-order valence-corrected chi connectivity index (χ0v) is 15.4. The second-order valence-corrected chi connectivity index (χ2v) is 7.26. The van der Waals surface area contributed by atoms with E-state index in [-0.39, 0.29) is 23.5 Å². The average molecular weight is 378 g/mol. The van der Waals surface area contributed by atoms with E-state index in [1.165, 1.54) is 18.2 Å². The predicted molar refractivity (Wildman–Crippen MR) is 101 cm³/mol. The van der Waals surface area contributed by atoms with Crippen LogP contribution in [0.1, 0.15) is 18.0 Å². The highest BCUT2D eigenvalue weighted by atomic mass is 35.5. The van der Waals surface area contributed by atoms with E-state index in [1.807, 2.05) is 43.1 Å². The van der Waals surface area contributed by atoms with Crippen molar-refractivity contribution in [3.8, 4) is 0 Å². The molecule has 2 aromatic carbocycles. The van der Waals surface area contributed by atoms with Crippen LogP contribution in [-0.4, -0.2) is 29.4 Å². The lowest BCUT2D eigenvalue weighted by molar-refractivity contribution is -0.117. The third-order valence-electron chi connectivity index (χ3n) is 3.93. The molecule has 1 amide bonds. The molecule has 0 radical (unpaired) electrons. The minimum atomic E-state index is -0.513. The number of likely N-dealkylation sites (N-methyl/N-ethyl adjacent to an activating group) is 1. The summed E-state index contributed by atoms with van der Waals surface area (Å²) in [5.74, 6) is -0.709. The maximum Gasteiger partial charge on any atom is 0.238 e. The first kappa shape index (κ1) is 17.8. The largest absolute Gasteiger partial charge is 0.325 e. The normalized spacial score (nSPS) is 12.5. The Morgan fingerprint density at radius 2 is 2.12 bits per heavy atom. The van der Waals surface area contributed by atoms with Gasteiger partial charge >= 0.3 is 0 Å². The number of nitrogens with zero attached hydrogens (tertiary/aromatic N) is 2. The van der Waals surface area contributed by atoms with E-state index in [9.17, 15) is 9.18 Å². The van der Waals surface area contributed by atoms with E-state index >= 15 is 0 Å². The number of nitrogens with one attached hydrogen (secondary N) is 1. The molecule has 3 rings (SSSR count). The molecule has 1 N–H and O–H groups in total. The maximum atomic E-state index is 13.2. The molecule has 7 heteroatoms. The number of carbonyl (C=O) groups is 1. The smallest absolute Gasteiger partial charge is 0.238 e. The lowest BCUT2D eigenvalue weighted by Gasteiger charge is -2.22. The van der Waals surface area contributed by atoms with Gasteiger partial charge in [-0.2, -0.15) is 0 Å². The third-order valence-corrected chi connectivity index (χ3v) is 5.42.